The summed E-state index contributed by atoms with van der Waals surface area (Å²) in [6.07, 6.45) is 1.37. The van der Waals surface area contributed by atoms with Crippen LogP contribution < -0.4 is 20.2 Å². The maximum Gasteiger partial charge on any atom is 0.281 e. The minimum absolute atomic E-state index is 0.191. The molecule has 0 bridgehead atoms. The van der Waals surface area contributed by atoms with E-state index in [1.165, 1.54) is 6.21 Å². The van der Waals surface area contributed by atoms with Crippen molar-refractivity contribution in [2.24, 2.45) is 5.10 Å². The number of hydrogen-bond donors (Lipinski definition) is 3. The van der Waals surface area contributed by atoms with Gasteiger partial charge in [0.1, 0.15) is 0 Å². The number of rotatable bonds is 11. The van der Waals surface area contributed by atoms with E-state index >= 15 is 0 Å². The lowest BCUT2D eigenvalue weighted by Gasteiger charge is -2.27. The maximum atomic E-state index is 13.2. The molecule has 0 saturated heterocycles. The molecule has 4 rings (SSSR count). The monoisotopic (exact) mass is 557 g/mol. The first-order valence-electron chi connectivity index (χ1n) is 12.5. The van der Waals surface area contributed by atoms with Crippen LogP contribution in [0.5, 0.6) is 11.5 Å². The number of anilines is 1. The summed E-state index contributed by atoms with van der Waals surface area (Å²) in [4.78, 5) is 25.6. The average molecular weight is 558 g/mol. The zero-order chi connectivity index (χ0) is 28.4. The van der Waals surface area contributed by atoms with Crippen LogP contribution in [0.2, 0.25) is 5.02 Å². The summed E-state index contributed by atoms with van der Waals surface area (Å²) < 4.78 is 11.4. The Hall–Kier alpha value is -4.66. The quantitative estimate of drug-likeness (QED) is 0.175. The summed E-state index contributed by atoms with van der Waals surface area (Å²) in [6, 6.07) is 29.4. The van der Waals surface area contributed by atoms with E-state index in [4.69, 9.17) is 21.1 Å². The number of nitrogens with zero attached hydrogens (tertiary/aromatic N) is 1. The van der Waals surface area contributed by atoms with Crippen LogP contribution in [-0.4, -0.2) is 36.3 Å². The van der Waals surface area contributed by atoms with Crippen molar-refractivity contribution in [3.05, 3.63) is 125 Å². The van der Waals surface area contributed by atoms with Gasteiger partial charge in [-0.05, 0) is 47.9 Å². The Balaban J connectivity index is 1.49. The molecule has 0 aliphatic heterocycles. The number of carbonyl (C=O) groups is 2. The topological polar surface area (TPSA) is 109 Å². The first-order valence-corrected chi connectivity index (χ1v) is 12.9. The van der Waals surface area contributed by atoms with Crippen LogP contribution in [0.15, 0.2) is 108 Å². The third-order valence-electron chi connectivity index (χ3n) is 5.83. The Morgan fingerprint density at radius 1 is 0.900 bits per heavy atom. The van der Waals surface area contributed by atoms with Gasteiger partial charge in [-0.1, -0.05) is 90.5 Å². The minimum atomic E-state index is -1.97. The van der Waals surface area contributed by atoms with Crippen LogP contribution >= 0.6 is 11.6 Å². The lowest BCUT2D eigenvalue weighted by atomic mass is 9.85. The van der Waals surface area contributed by atoms with E-state index in [9.17, 15) is 14.7 Å². The maximum absolute atomic E-state index is 13.2. The smallest absolute Gasteiger partial charge is 0.281 e. The fourth-order valence-corrected chi connectivity index (χ4v) is 4.23. The van der Waals surface area contributed by atoms with Crippen molar-refractivity contribution in [1.82, 2.24) is 5.43 Å². The van der Waals surface area contributed by atoms with E-state index in [-0.39, 0.29) is 23.3 Å². The van der Waals surface area contributed by atoms with Crippen molar-refractivity contribution < 1.29 is 24.2 Å². The zero-order valence-corrected chi connectivity index (χ0v) is 22.5. The molecule has 2 amide bonds. The van der Waals surface area contributed by atoms with Crippen molar-refractivity contribution in [2.75, 3.05) is 18.5 Å². The lowest BCUT2D eigenvalue weighted by Crippen LogP contribution is -2.43. The van der Waals surface area contributed by atoms with Gasteiger partial charge in [0, 0.05) is 5.69 Å². The Kier molecular flexibility index (Phi) is 9.51. The van der Waals surface area contributed by atoms with Crippen LogP contribution in [0.3, 0.4) is 0 Å². The average Bonchev–Trinajstić information content (AvgIpc) is 2.98. The van der Waals surface area contributed by atoms with E-state index in [0.717, 1.165) is 0 Å². The number of benzene rings is 4. The van der Waals surface area contributed by atoms with E-state index in [1.807, 2.05) is 18.2 Å². The molecule has 0 aliphatic rings. The van der Waals surface area contributed by atoms with Gasteiger partial charge >= 0.3 is 0 Å². The van der Waals surface area contributed by atoms with Gasteiger partial charge in [-0.25, -0.2) is 5.43 Å². The number of amides is 2. The largest absolute Gasteiger partial charge is 0.490 e. The highest BCUT2D eigenvalue weighted by Crippen LogP contribution is 2.36. The van der Waals surface area contributed by atoms with Gasteiger partial charge in [0.05, 0.1) is 17.8 Å². The zero-order valence-electron chi connectivity index (χ0n) is 21.7. The molecule has 8 nitrogen and oxygen atoms in total. The van der Waals surface area contributed by atoms with Crippen LogP contribution in [0, 0.1) is 0 Å². The van der Waals surface area contributed by atoms with E-state index < -0.39 is 11.5 Å². The van der Waals surface area contributed by atoms with Gasteiger partial charge in [0.25, 0.3) is 11.8 Å². The van der Waals surface area contributed by atoms with E-state index in [0.29, 0.717) is 34.7 Å². The minimum Gasteiger partial charge on any atom is -0.490 e. The highest BCUT2D eigenvalue weighted by Gasteiger charge is 2.39. The first-order chi connectivity index (χ1) is 19.4. The number of nitrogens with one attached hydrogen (secondary N) is 2. The predicted octanol–water partition coefficient (Wildman–Crippen LogP) is 5.14. The van der Waals surface area contributed by atoms with Crippen molar-refractivity contribution in [1.29, 1.82) is 0 Å². The number of hydrazone groups is 1. The molecule has 0 fully saturated rings. The number of halogens is 1. The molecule has 0 unspecified atom stereocenters. The molecule has 0 heterocycles. The number of para-hydroxylation sites is 1. The molecule has 4 aromatic rings. The lowest BCUT2D eigenvalue weighted by molar-refractivity contribution is -0.136. The molecule has 204 valence electrons. The van der Waals surface area contributed by atoms with Gasteiger partial charge in [-0.3, -0.25) is 9.59 Å². The molecule has 0 aliphatic carbocycles. The molecule has 0 spiro atoms. The van der Waals surface area contributed by atoms with Crippen LogP contribution in [0.4, 0.5) is 5.69 Å². The molecule has 0 atom stereocenters. The highest BCUT2D eigenvalue weighted by molar-refractivity contribution is 6.32. The molecule has 0 aromatic heterocycles. The molecular formula is C31H28ClN3O5. The van der Waals surface area contributed by atoms with Crippen LogP contribution in [0.25, 0.3) is 0 Å². The summed E-state index contributed by atoms with van der Waals surface area (Å²) in [7, 11) is 0. The summed E-state index contributed by atoms with van der Waals surface area (Å²) >= 11 is 6.46. The predicted molar refractivity (Wildman–Crippen MR) is 155 cm³/mol. The van der Waals surface area contributed by atoms with Crippen molar-refractivity contribution >= 4 is 35.3 Å². The summed E-state index contributed by atoms with van der Waals surface area (Å²) in [5, 5.41) is 18.5. The van der Waals surface area contributed by atoms with Gasteiger partial charge < -0.3 is 19.9 Å². The second-order valence-electron chi connectivity index (χ2n) is 8.61. The molecule has 0 radical (unpaired) electrons. The summed E-state index contributed by atoms with van der Waals surface area (Å²) in [6.45, 7) is 1.84. The second kappa shape index (κ2) is 13.4. The van der Waals surface area contributed by atoms with Crippen molar-refractivity contribution in [3.8, 4) is 11.5 Å². The fourth-order valence-electron chi connectivity index (χ4n) is 3.96. The van der Waals surface area contributed by atoms with E-state index in [2.05, 4.69) is 15.8 Å². The SMILES string of the molecule is CCOc1cc(/C=N\NC(=O)C(O)(c2ccccc2)c2ccccc2)cc(Cl)c1OCC(=O)Nc1ccccc1. The van der Waals surface area contributed by atoms with Crippen molar-refractivity contribution in [3.63, 3.8) is 0 Å². The Bertz CT molecular complexity index is 1430. The molecular weight excluding hydrogens is 530 g/mol. The van der Waals surface area contributed by atoms with Crippen molar-refractivity contribution in [2.45, 2.75) is 12.5 Å². The van der Waals surface area contributed by atoms with E-state index in [1.54, 1.807) is 91.9 Å². The number of ether oxygens (including phenoxy) is 2. The highest BCUT2D eigenvalue weighted by atomic mass is 35.5. The molecule has 4 aromatic carbocycles. The molecule has 9 heteroatoms. The summed E-state index contributed by atoms with van der Waals surface area (Å²) in [5.41, 5.74) is 2.40. The number of hydrogen-bond acceptors (Lipinski definition) is 6. The van der Waals surface area contributed by atoms with Crippen LogP contribution in [0.1, 0.15) is 23.6 Å². The Labute approximate surface area is 237 Å². The first kappa shape index (κ1) is 28.4. The number of aliphatic hydroxyl groups is 1. The standard InChI is InChI=1S/C31H28ClN3O5/c1-2-39-27-19-22(18-26(32)29(27)40-21-28(36)34-25-16-10-5-11-17-25)20-33-35-30(37)31(38,23-12-6-3-7-13-23)24-14-8-4-9-15-24/h3-20,38H,2,21H2,1H3,(H,34,36)(H,35,37)/b33-20-. The summed E-state index contributed by atoms with van der Waals surface area (Å²) in [5.74, 6) is -0.583. The molecule has 40 heavy (non-hydrogen) atoms. The van der Waals surface area contributed by atoms with Gasteiger partial charge in [0.2, 0.25) is 0 Å². The molecule has 0 saturated carbocycles. The van der Waals surface area contributed by atoms with Gasteiger partial charge in [-0.2, -0.15) is 5.10 Å². The van der Waals surface area contributed by atoms with Crippen LogP contribution in [-0.2, 0) is 15.2 Å². The Morgan fingerprint density at radius 3 is 2.05 bits per heavy atom. The number of carbonyl (C=O) groups excluding carboxylic acids is 2. The third-order valence-corrected chi connectivity index (χ3v) is 6.11. The van der Waals surface area contributed by atoms with Gasteiger partial charge in [-0.15, -0.1) is 0 Å². The molecule has 3 N–H and O–H groups in total. The third kappa shape index (κ3) is 6.85. The normalized spacial score (nSPS) is 11.2. The van der Waals surface area contributed by atoms with Gasteiger partial charge in [0.15, 0.2) is 23.7 Å². The Morgan fingerprint density at radius 2 is 1.48 bits per heavy atom. The fraction of sp³-hybridized carbons (Fsp3) is 0.129. The second-order valence-corrected chi connectivity index (χ2v) is 9.01.